The summed E-state index contributed by atoms with van der Waals surface area (Å²) in [7, 11) is -2.26. The highest BCUT2D eigenvalue weighted by atomic mass is 79.9. The van der Waals surface area contributed by atoms with Crippen LogP contribution < -0.4 is 14.4 Å². The summed E-state index contributed by atoms with van der Waals surface area (Å²) in [6, 6.07) is 22.5. The third-order valence-corrected chi connectivity index (χ3v) is 7.91. The lowest BCUT2D eigenvalue weighted by molar-refractivity contribution is -0.140. The zero-order valence-corrected chi connectivity index (χ0v) is 25.6. The molecular formula is C30H36BrN3O5S. The number of rotatable bonds is 13. The van der Waals surface area contributed by atoms with Crippen LogP contribution in [0.15, 0.2) is 83.3 Å². The van der Waals surface area contributed by atoms with Gasteiger partial charge in [0.1, 0.15) is 18.3 Å². The Morgan fingerprint density at radius 1 is 0.950 bits per heavy atom. The lowest BCUT2D eigenvalue weighted by Crippen LogP contribution is -2.53. The van der Waals surface area contributed by atoms with E-state index in [1.165, 1.54) is 4.90 Å². The lowest BCUT2D eigenvalue weighted by atomic mass is 10.0. The number of amides is 2. The number of ether oxygens (including phenoxy) is 1. The average Bonchev–Trinajstić information content (AvgIpc) is 2.92. The number of nitrogens with one attached hydrogen (secondary N) is 1. The first-order chi connectivity index (χ1) is 19.0. The summed E-state index contributed by atoms with van der Waals surface area (Å²) < 4.78 is 32.9. The van der Waals surface area contributed by atoms with Crippen molar-refractivity contribution < 1.29 is 22.7 Å². The van der Waals surface area contributed by atoms with Crippen LogP contribution in [-0.4, -0.2) is 57.6 Å². The van der Waals surface area contributed by atoms with Crippen LogP contribution in [0.2, 0.25) is 0 Å². The van der Waals surface area contributed by atoms with E-state index in [4.69, 9.17) is 4.74 Å². The van der Waals surface area contributed by atoms with E-state index in [0.29, 0.717) is 18.0 Å². The number of methoxy groups -OCH3 is 1. The molecule has 0 radical (unpaired) electrons. The van der Waals surface area contributed by atoms with Crippen molar-refractivity contribution in [3.8, 4) is 5.75 Å². The molecule has 3 aromatic rings. The van der Waals surface area contributed by atoms with Crippen LogP contribution in [0.25, 0.3) is 0 Å². The molecule has 1 atom stereocenters. The number of carbonyl (C=O) groups is 2. The Balaban J connectivity index is 2.05. The van der Waals surface area contributed by atoms with E-state index in [9.17, 15) is 18.0 Å². The number of sulfonamides is 1. The van der Waals surface area contributed by atoms with E-state index >= 15 is 0 Å². The molecule has 3 aromatic carbocycles. The summed E-state index contributed by atoms with van der Waals surface area (Å²) in [5.41, 5.74) is 1.98. The molecule has 0 fully saturated rings. The molecule has 0 aliphatic rings. The number of hydrogen-bond acceptors (Lipinski definition) is 5. The van der Waals surface area contributed by atoms with E-state index in [1.807, 2.05) is 56.3 Å². The third-order valence-electron chi connectivity index (χ3n) is 6.24. The Labute approximate surface area is 245 Å². The minimum Gasteiger partial charge on any atom is -0.497 e. The molecule has 10 heteroatoms. The zero-order valence-electron chi connectivity index (χ0n) is 23.2. The molecule has 214 valence electrons. The van der Waals surface area contributed by atoms with E-state index < -0.39 is 28.5 Å². The normalized spacial score (nSPS) is 12.1. The fraction of sp³-hybridized carbons (Fsp3) is 0.333. The van der Waals surface area contributed by atoms with Crippen molar-refractivity contribution >= 4 is 43.5 Å². The van der Waals surface area contributed by atoms with E-state index in [0.717, 1.165) is 26.2 Å². The van der Waals surface area contributed by atoms with Crippen LogP contribution in [0.4, 0.5) is 5.69 Å². The summed E-state index contributed by atoms with van der Waals surface area (Å²) in [5.74, 6) is 0.0172. The van der Waals surface area contributed by atoms with Gasteiger partial charge in [-0.15, -0.1) is 0 Å². The lowest BCUT2D eigenvalue weighted by Gasteiger charge is -2.33. The molecule has 0 saturated carbocycles. The molecule has 2 amide bonds. The quantitative estimate of drug-likeness (QED) is 0.297. The molecule has 0 aromatic heterocycles. The van der Waals surface area contributed by atoms with Crippen molar-refractivity contribution in [2.75, 3.05) is 30.8 Å². The Morgan fingerprint density at radius 2 is 1.60 bits per heavy atom. The summed E-state index contributed by atoms with van der Waals surface area (Å²) in [6.45, 7) is 4.05. The maximum Gasteiger partial charge on any atom is 0.244 e. The van der Waals surface area contributed by atoms with Crippen LogP contribution in [0.5, 0.6) is 5.75 Å². The molecule has 0 heterocycles. The number of anilines is 1. The first kappa shape index (κ1) is 31.2. The molecule has 0 aliphatic heterocycles. The first-order valence-corrected chi connectivity index (χ1v) is 15.6. The maximum atomic E-state index is 14.1. The van der Waals surface area contributed by atoms with Crippen LogP contribution in [-0.2, 0) is 32.6 Å². The summed E-state index contributed by atoms with van der Waals surface area (Å²) in [4.78, 5) is 29.2. The number of benzene rings is 3. The molecule has 0 aliphatic carbocycles. The first-order valence-electron chi connectivity index (χ1n) is 12.9. The minimum atomic E-state index is -3.82. The van der Waals surface area contributed by atoms with Gasteiger partial charge < -0.3 is 15.0 Å². The highest BCUT2D eigenvalue weighted by molar-refractivity contribution is 9.10. The van der Waals surface area contributed by atoms with E-state index in [2.05, 4.69) is 21.2 Å². The fourth-order valence-electron chi connectivity index (χ4n) is 4.17. The van der Waals surface area contributed by atoms with Gasteiger partial charge in [-0.2, -0.15) is 0 Å². The van der Waals surface area contributed by atoms with Crippen molar-refractivity contribution in [3.05, 3.63) is 94.5 Å². The number of halogens is 1. The molecule has 0 bridgehead atoms. The smallest absolute Gasteiger partial charge is 0.244 e. The average molecular weight is 631 g/mol. The van der Waals surface area contributed by atoms with Gasteiger partial charge in [0.05, 0.1) is 19.1 Å². The van der Waals surface area contributed by atoms with Crippen molar-refractivity contribution in [1.29, 1.82) is 0 Å². The SMILES string of the molecule is COc1cccc(CN(C(=O)CN(c2ccc(Br)cc2)S(C)(=O)=O)[C@H](Cc2ccccc2)C(=O)NCC(C)C)c1. The predicted octanol–water partition coefficient (Wildman–Crippen LogP) is 4.64. The van der Waals surface area contributed by atoms with Crippen LogP contribution >= 0.6 is 15.9 Å². The third kappa shape index (κ3) is 9.09. The van der Waals surface area contributed by atoms with Gasteiger partial charge >= 0.3 is 0 Å². The highest BCUT2D eigenvalue weighted by Crippen LogP contribution is 2.23. The Bertz CT molecular complexity index is 1380. The number of carbonyl (C=O) groups excluding carboxylic acids is 2. The molecule has 40 heavy (non-hydrogen) atoms. The Kier molecular flexibility index (Phi) is 11.2. The number of nitrogens with zero attached hydrogens (tertiary/aromatic N) is 2. The number of hydrogen-bond donors (Lipinski definition) is 1. The standard InChI is InChI=1S/C30H36BrN3O5S/c1-22(2)19-32-30(36)28(18-23-9-6-5-7-10-23)33(20-24-11-8-12-27(17-24)39-3)29(35)21-34(40(4,37)38)26-15-13-25(31)14-16-26/h5-17,22,28H,18-21H2,1-4H3,(H,32,36)/t28-/m1/s1. The van der Waals surface area contributed by atoms with E-state index in [-0.39, 0.29) is 24.8 Å². The molecular weight excluding hydrogens is 594 g/mol. The van der Waals surface area contributed by atoms with Gasteiger partial charge in [-0.3, -0.25) is 13.9 Å². The van der Waals surface area contributed by atoms with Gasteiger partial charge in [-0.05, 0) is 53.4 Å². The predicted molar refractivity (Wildman–Crippen MR) is 162 cm³/mol. The van der Waals surface area contributed by atoms with Gasteiger partial charge in [-0.25, -0.2) is 8.42 Å². The van der Waals surface area contributed by atoms with Crippen molar-refractivity contribution in [2.24, 2.45) is 5.92 Å². The van der Waals surface area contributed by atoms with Crippen LogP contribution in [0.3, 0.4) is 0 Å². The van der Waals surface area contributed by atoms with Crippen LogP contribution in [0, 0.1) is 5.92 Å². The second-order valence-electron chi connectivity index (χ2n) is 9.96. The molecule has 0 unspecified atom stereocenters. The topological polar surface area (TPSA) is 96.0 Å². The fourth-order valence-corrected chi connectivity index (χ4v) is 5.28. The van der Waals surface area contributed by atoms with Crippen molar-refractivity contribution in [1.82, 2.24) is 10.2 Å². The zero-order chi connectivity index (χ0) is 29.3. The monoisotopic (exact) mass is 629 g/mol. The molecule has 8 nitrogen and oxygen atoms in total. The van der Waals surface area contributed by atoms with Crippen molar-refractivity contribution in [2.45, 2.75) is 32.9 Å². The Morgan fingerprint density at radius 3 is 2.20 bits per heavy atom. The highest BCUT2D eigenvalue weighted by Gasteiger charge is 2.33. The van der Waals surface area contributed by atoms with Gasteiger partial charge in [0.15, 0.2) is 0 Å². The molecule has 3 rings (SSSR count). The molecule has 1 N–H and O–H groups in total. The maximum absolute atomic E-state index is 14.1. The largest absolute Gasteiger partial charge is 0.497 e. The van der Waals surface area contributed by atoms with E-state index in [1.54, 1.807) is 43.5 Å². The van der Waals surface area contributed by atoms with Gasteiger partial charge in [0.2, 0.25) is 21.8 Å². The Hall–Kier alpha value is -3.37. The molecule has 0 spiro atoms. The van der Waals surface area contributed by atoms with Gasteiger partial charge in [0, 0.05) is 24.0 Å². The van der Waals surface area contributed by atoms with Gasteiger partial charge in [-0.1, -0.05) is 72.2 Å². The second-order valence-corrected chi connectivity index (χ2v) is 12.8. The van der Waals surface area contributed by atoms with Crippen LogP contribution in [0.1, 0.15) is 25.0 Å². The van der Waals surface area contributed by atoms with Crippen molar-refractivity contribution in [3.63, 3.8) is 0 Å². The van der Waals surface area contributed by atoms with Gasteiger partial charge in [0.25, 0.3) is 0 Å². The summed E-state index contributed by atoms with van der Waals surface area (Å²) in [5, 5.41) is 2.97. The second kappa shape index (κ2) is 14.3. The molecule has 0 saturated heterocycles. The summed E-state index contributed by atoms with van der Waals surface area (Å²) >= 11 is 3.36. The summed E-state index contributed by atoms with van der Waals surface area (Å²) in [6.07, 6.45) is 1.32. The minimum absolute atomic E-state index is 0.0839.